The Hall–Kier alpha value is -2.89. The van der Waals surface area contributed by atoms with Crippen molar-refractivity contribution in [2.75, 3.05) is 11.9 Å². The zero-order valence-corrected chi connectivity index (χ0v) is 15.8. The van der Waals surface area contributed by atoms with E-state index in [-0.39, 0.29) is 17.6 Å². The van der Waals surface area contributed by atoms with Crippen LogP contribution in [0.4, 0.5) is 10.1 Å². The molecule has 0 radical (unpaired) electrons. The van der Waals surface area contributed by atoms with Crippen LogP contribution in [0.2, 0.25) is 0 Å². The first-order valence-electron chi connectivity index (χ1n) is 9.01. The van der Waals surface area contributed by atoms with Crippen LogP contribution in [0.3, 0.4) is 0 Å². The summed E-state index contributed by atoms with van der Waals surface area (Å²) in [5, 5.41) is 5.61. The first-order valence-corrected chi connectivity index (χ1v) is 9.01. The second-order valence-electron chi connectivity index (χ2n) is 6.61. The number of hydrogen-bond donors (Lipinski definition) is 2. The van der Waals surface area contributed by atoms with Crippen molar-refractivity contribution in [2.24, 2.45) is 5.92 Å². The standard InChI is InChI=1S/C21H25FN2O3/c1-4-19(27-16-11-9-15(22)10-12-16)21(26)24-18-8-6-5-7-17(18)20(25)23-13-14(2)3/h5-12,14,19H,4,13H2,1-3H3,(H,23,25)(H,24,26)/t19-/m1/s1. The molecule has 0 aliphatic carbocycles. The van der Waals surface area contributed by atoms with Crippen LogP contribution in [-0.4, -0.2) is 24.5 Å². The van der Waals surface area contributed by atoms with E-state index in [1.165, 1.54) is 24.3 Å². The highest BCUT2D eigenvalue weighted by Gasteiger charge is 2.21. The van der Waals surface area contributed by atoms with Gasteiger partial charge in [0.15, 0.2) is 6.10 Å². The Kier molecular flexibility index (Phi) is 7.34. The average molecular weight is 372 g/mol. The lowest BCUT2D eigenvalue weighted by Crippen LogP contribution is -2.34. The topological polar surface area (TPSA) is 67.4 Å². The van der Waals surface area contributed by atoms with Crippen LogP contribution in [0.1, 0.15) is 37.6 Å². The first kappa shape index (κ1) is 20.4. The van der Waals surface area contributed by atoms with E-state index in [1.54, 1.807) is 24.3 Å². The zero-order valence-electron chi connectivity index (χ0n) is 15.8. The fourth-order valence-corrected chi connectivity index (χ4v) is 2.40. The molecular formula is C21H25FN2O3. The number of benzene rings is 2. The number of nitrogens with one attached hydrogen (secondary N) is 2. The molecule has 0 aliphatic heterocycles. The van der Waals surface area contributed by atoms with E-state index < -0.39 is 6.10 Å². The van der Waals surface area contributed by atoms with Crippen molar-refractivity contribution >= 4 is 17.5 Å². The summed E-state index contributed by atoms with van der Waals surface area (Å²) in [7, 11) is 0. The van der Waals surface area contributed by atoms with Gasteiger partial charge in [0.1, 0.15) is 11.6 Å². The molecule has 0 fully saturated rings. The van der Waals surface area contributed by atoms with Crippen LogP contribution in [0.15, 0.2) is 48.5 Å². The molecule has 0 aliphatic rings. The molecule has 144 valence electrons. The Morgan fingerprint density at radius 1 is 1.07 bits per heavy atom. The van der Waals surface area contributed by atoms with Gasteiger partial charge in [0, 0.05) is 6.54 Å². The minimum atomic E-state index is -0.762. The van der Waals surface area contributed by atoms with Gasteiger partial charge in [-0.15, -0.1) is 0 Å². The molecule has 0 aromatic heterocycles. The summed E-state index contributed by atoms with van der Waals surface area (Å²) in [6.45, 7) is 6.38. The molecule has 0 saturated carbocycles. The van der Waals surface area contributed by atoms with Gasteiger partial charge in [0.2, 0.25) is 0 Å². The number of hydrogen-bond acceptors (Lipinski definition) is 3. The summed E-state index contributed by atoms with van der Waals surface area (Å²) >= 11 is 0. The molecule has 0 spiro atoms. The van der Waals surface area contributed by atoms with E-state index in [9.17, 15) is 14.0 Å². The fraction of sp³-hybridized carbons (Fsp3) is 0.333. The van der Waals surface area contributed by atoms with Crippen LogP contribution >= 0.6 is 0 Å². The van der Waals surface area contributed by atoms with Gasteiger partial charge in [-0.25, -0.2) is 4.39 Å². The summed E-state index contributed by atoms with van der Waals surface area (Å²) < 4.78 is 18.7. The average Bonchev–Trinajstić information content (AvgIpc) is 2.66. The molecule has 2 amide bonds. The zero-order chi connectivity index (χ0) is 19.8. The van der Waals surface area contributed by atoms with Crippen molar-refractivity contribution in [3.05, 3.63) is 59.9 Å². The molecule has 0 bridgehead atoms. The summed E-state index contributed by atoms with van der Waals surface area (Å²) in [5.41, 5.74) is 0.813. The van der Waals surface area contributed by atoms with Crippen LogP contribution in [0.25, 0.3) is 0 Å². The molecule has 1 atom stereocenters. The predicted molar refractivity (Wildman–Crippen MR) is 103 cm³/mol. The summed E-state index contributed by atoms with van der Waals surface area (Å²) in [6.07, 6.45) is -0.340. The quantitative estimate of drug-likeness (QED) is 0.736. The van der Waals surface area contributed by atoms with Crippen molar-refractivity contribution in [1.29, 1.82) is 0 Å². The minimum Gasteiger partial charge on any atom is -0.481 e. The number of carbonyl (C=O) groups excluding carboxylic acids is 2. The maximum atomic E-state index is 13.0. The predicted octanol–water partition coefficient (Wildman–Crippen LogP) is 4.01. The monoisotopic (exact) mass is 372 g/mol. The molecule has 0 heterocycles. The first-order chi connectivity index (χ1) is 12.9. The smallest absolute Gasteiger partial charge is 0.265 e. The molecule has 6 heteroatoms. The normalized spacial score (nSPS) is 11.7. The Bertz CT molecular complexity index is 775. The van der Waals surface area contributed by atoms with Gasteiger partial charge < -0.3 is 15.4 Å². The number of halogens is 1. The van der Waals surface area contributed by atoms with Crippen molar-refractivity contribution in [3.63, 3.8) is 0 Å². The van der Waals surface area contributed by atoms with Crippen LogP contribution in [-0.2, 0) is 4.79 Å². The summed E-state index contributed by atoms with van der Waals surface area (Å²) in [6, 6.07) is 12.3. The van der Waals surface area contributed by atoms with Crippen LogP contribution < -0.4 is 15.4 Å². The Morgan fingerprint density at radius 2 is 1.74 bits per heavy atom. The summed E-state index contributed by atoms with van der Waals surface area (Å²) in [5.74, 6) is -0.259. The molecular weight excluding hydrogens is 347 g/mol. The number of carbonyl (C=O) groups is 2. The molecule has 2 aromatic carbocycles. The third-order valence-corrected chi connectivity index (χ3v) is 3.86. The second-order valence-corrected chi connectivity index (χ2v) is 6.61. The Labute approximate surface area is 158 Å². The molecule has 5 nitrogen and oxygen atoms in total. The molecule has 0 unspecified atom stereocenters. The minimum absolute atomic E-state index is 0.243. The second kappa shape index (κ2) is 9.71. The van der Waals surface area contributed by atoms with Gasteiger partial charge in [0.05, 0.1) is 11.3 Å². The van der Waals surface area contributed by atoms with Gasteiger partial charge in [-0.1, -0.05) is 32.9 Å². The molecule has 0 saturated heterocycles. The van der Waals surface area contributed by atoms with E-state index in [2.05, 4.69) is 10.6 Å². The van der Waals surface area contributed by atoms with Crippen molar-refractivity contribution in [3.8, 4) is 5.75 Å². The third-order valence-electron chi connectivity index (χ3n) is 3.86. The number of amides is 2. The van der Waals surface area contributed by atoms with Crippen molar-refractivity contribution in [2.45, 2.75) is 33.3 Å². The fourth-order valence-electron chi connectivity index (χ4n) is 2.40. The van der Waals surface area contributed by atoms with E-state index >= 15 is 0 Å². The Morgan fingerprint density at radius 3 is 2.37 bits per heavy atom. The van der Waals surface area contributed by atoms with Crippen molar-refractivity contribution in [1.82, 2.24) is 5.32 Å². The molecule has 2 aromatic rings. The molecule has 2 N–H and O–H groups in total. The van der Waals surface area contributed by atoms with E-state index in [1.807, 2.05) is 20.8 Å². The number of anilines is 1. The number of para-hydroxylation sites is 1. The Balaban J connectivity index is 2.09. The van der Waals surface area contributed by atoms with Crippen molar-refractivity contribution < 1.29 is 18.7 Å². The number of ether oxygens (including phenoxy) is 1. The maximum Gasteiger partial charge on any atom is 0.265 e. The third kappa shape index (κ3) is 6.09. The SMILES string of the molecule is CC[C@@H](Oc1ccc(F)cc1)C(=O)Nc1ccccc1C(=O)NCC(C)C. The highest BCUT2D eigenvalue weighted by molar-refractivity contribution is 6.04. The van der Waals surface area contributed by atoms with E-state index in [0.29, 0.717) is 35.9 Å². The van der Waals surface area contributed by atoms with Gasteiger partial charge in [-0.3, -0.25) is 9.59 Å². The van der Waals surface area contributed by atoms with E-state index in [0.717, 1.165) is 0 Å². The lowest BCUT2D eigenvalue weighted by Gasteiger charge is -2.18. The van der Waals surface area contributed by atoms with Crippen LogP contribution in [0, 0.1) is 11.7 Å². The highest BCUT2D eigenvalue weighted by atomic mass is 19.1. The van der Waals surface area contributed by atoms with Crippen LogP contribution in [0.5, 0.6) is 5.75 Å². The molecule has 27 heavy (non-hydrogen) atoms. The molecule has 2 rings (SSSR count). The largest absolute Gasteiger partial charge is 0.481 e. The highest BCUT2D eigenvalue weighted by Crippen LogP contribution is 2.18. The van der Waals surface area contributed by atoms with E-state index in [4.69, 9.17) is 4.74 Å². The maximum absolute atomic E-state index is 13.0. The number of rotatable bonds is 8. The lowest BCUT2D eigenvalue weighted by atomic mass is 10.1. The van der Waals surface area contributed by atoms with Gasteiger partial charge in [-0.05, 0) is 48.7 Å². The summed E-state index contributed by atoms with van der Waals surface area (Å²) in [4.78, 5) is 25.0. The van der Waals surface area contributed by atoms with Gasteiger partial charge in [0.25, 0.3) is 11.8 Å². The lowest BCUT2D eigenvalue weighted by molar-refractivity contribution is -0.122. The van der Waals surface area contributed by atoms with Gasteiger partial charge in [-0.2, -0.15) is 0 Å². The van der Waals surface area contributed by atoms with Gasteiger partial charge >= 0.3 is 0 Å².